The molecule has 138 valence electrons. The minimum atomic E-state index is -0.272. The minimum Gasteiger partial charge on any atom is -0.462 e. The average molecular weight is 384 g/mol. The lowest BCUT2D eigenvalue weighted by molar-refractivity contribution is -0.145. The van der Waals surface area contributed by atoms with Crippen LogP contribution < -0.4 is 10.1 Å². The third-order valence-corrected chi connectivity index (χ3v) is 6.21. The Bertz CT molecular complexity index is 893. The zero-order valence-electron chi connectivity index (χ0n) is 14.4. The van der Waals surface area contributed by atoms with Crippen LogP contribution in [0.5, 0.6) is 11.5 Å². The molecule has 2 aliphatic carbocycles. The molecule has 0 radical (unpaired) electrons. The Hall–Kier alpha value is -2.53. The van der Waals surface area contributed by atoms with E-state index >= 15 is 0 Å². The van der Waals surface area contributed by atoms with Gasteiger partial charge in [-0.15, -0.1) is 0 Å². The van der Waals surface area contributed by atoms with Crippen molar-refractivity contribution in [3.8, 4) is 11.5 Å². The Balaban J connectivity index is 1.25. The molecule has 2 bridgehead atoms. The first-order valence-electron chi connectivity index (χ1n) is 9.13. The lowest BCUT2D eigenvalue weighted by atomic mass is 9.79. The normalized spacial score (nSPS) is 30.3. The number of fused-ring (bicyclic) bond motifs is 1. The molecule has 1 aliphatic heterocycles. The highest BCUT2D eigenvalue weighted by atomic mass is 35.5. The number of anilines is 1. The molecule has 2 aromatic rings. The Morgan fingerprint density at radius 2 is 1.70 bits per heavy atom. The van der Waals surface area contributed by atoms with Crippen LogP contribution in [0, 0.1) is 23.7 Å². The molecule has 5 atom stereocenters. The quantitative estimate of drug-likeness (QED) is 0.801. The molecular formula is C21H18ClNO4. The van der Waals surface area contributed by atoms with Gasteiger partial charge in [0.1, 0.15) is 17.6 Å². The fraction of sp³-hybridized carbons (Fsp3) is 0.333. The first-order chi connectivity index (χ1) is 13.1. The summed E-state index contributed by atoms with van der Waals surface area (Å²) in [7, 11) is 0. The lowest BCUT2D eigenvalue weighted by Crippen LogP contribution is -2.35. The SMILES string of the molecule is O=C(Nc1ccc(Oc2ccc(Cl)cc2)cc1)[C@@H]1[C@H]2C[C@@H]3[C@@H]1C(=O)O[C@@H]3C2. The first kappa shape index (κ1) is 16.6. The zero-order chi connectivity index (χ0) is 18.5. The van der Waals surface area contributed by atoms with Gasteiger partial charge in [0.2, 0.25) is 5.91 Å². The van der Waals surface area contributed by atoms with Crippen molar-refractivity contribution in [2.75, 3.05) is 5.32 Å². The number of hydrogen-bond acceptors (Lipinski definition) is 4. The van der Waals surface area contributed by atoms with Gasteiger partial charge in [0.25, 0.3) is 0 Å². The second-order valence-corrected chi connectivity index (χ2v) is 7.93. The van der Waals surface area contributed by atoms with Gasteiger partial charge in [-0.05, 0) is 67.3 Å². The molecule has 6 heteroatoms. The smallest absolute Gasteiger partial charge is 0.310 e. The lowest BCUT2D eigenvalue weighted by Gasteiger charge is -2.23. The topological polar surface area (TPSA) is 64.6 Å². The van der Waals surface area contributed by atoms with Crippen LogP contribution in [0.25, 0.3) is 0 Å². The van der Waals surface area contributed by atoms with Crippen molar-refractivity contribution in [2.45, 2.75) is 18.9 Å². The molecule has 2 saturated carbocycles. The van der Waals surface area contributed by atoms with Crippen LogP contribution in [-0.2, 0) is 14.3 Å². The van der Waals surface area contributed by atoms with E-state index in [2.05, 4.69) is 5.32 Å². The van der Waals surface area contributed by atoms with Crippen LogP contribution in [-0.4, -0.2) is 18.0 Å². The standard InChI is InChI=1S/C21H18ClNO4/c22-12-1-5-14(6-2-12)26-15-7-3-13(4-8-15)23-20(24)18-11-9-16-17(10-11)27-21(25)19(16)18/h1-8,11,16-19H,9-10H2,(H,23,24)/t11-,16-,17+,18+,19-/m0/s1. The van der Waals surface area contributed by atoms with E-state index in [1.165, 1.54) is 0 Å². The van der Waals surface area contributed by atoms with Crippen LogP contribution in [0.3, 0.4) is 0 Å². The summed E-state index contributed by atoms with van der Waals surface area (Å²) in [6.07, 6.45) is 1.78. The molecule has 1 saturated heterocycles. The predicted molar refractivity (Wildman–Crippen MR) is 99.7 cm³/mol. The molecule has 3 aliphatic rings. The minimum absolute atomic E-state index is 0.0425. The van der Waals surface area contributed by atoms with Gasteiger partial charge in [-0.2, -0.15) is 0 Å². The van der Waals surface area contributed by atoms with E-state index in [4.69, 9.17) is 21.1 Å². The number of carbonyl (C=O) groups is 2. The van der Waals surface area contributed by atoms with E-state index in [9.17, 15) is 9.59 Å². The van der Waals surface area contributed by atoms with E-state index in [-0.39, 0.29) is 41.7 Å². The van der Waals surface area contributed by atoms with E-state index in [0.717, 1.165) is 12.8 Å². The van der Waals surface area contributed by atoms with Crippen molar-refractivity contribution in [2.24, 2.45) is 23.7 Å². The maximum absolute atomic E-state index is 12.8. The number of amides is 1. The number of rotatable bonds is 4. The summed E-state index contributed by atoms with van der Waals surface area (Å²) in [5.41, 5.74) is 0.689. The molecule has 5 nitrogen and oxygen atoms in total. The fourth-order valence-corrected chi connectivity index (χ4v) is 4.96. The number of esters is 1. The highest BCUT2D eigenvalue weighted by molar-refractivity contribution is 6.30. The van der Waals surface area contributed by atoms with Crippen LogP contribution in [0.4, 0.5) is 5.69 Å². The van der Waals surface area contributed by atoms with Crippen molar-refractivity contribution in [3.05, 3.63) is 53.6 Å². The first-order valence-corrected chi connectivity index (χ1v) is 9.51. The average Bonchev–Trinajstić information content (AvgIpc) is 3.27. The number of halogens is 1. The van der Waals surface area contributed by atoms with E-state index < -0.39 is 0 Å². The van der Waals surface area contributed by atoms with Crippen LogP contribution in [0.15, 0.2) is 48.5 Å². The maximum Gasteiger partial charge on any atom is 0.310 e. The number of carbonyl (C=O) groups excluding carboxylic acids is 2. The molecule has 0 spiro atoms. The fourth-order valence-electron chi connectivity index (χ4n) is 4.83. The van der Waals surface area contributed by atoms with E-state index in [1.54, 1.807) is 48.5 Å². The van der Waals surface area contributed by atoms with Gasteiger partial charge < -0.3 is 14.8 Å². The van der Waals surface area contributed by atoms with E-state index in [1.807, 2.05) is 0 Å². The van der Waals surface area contributed by atoms with Gasteiger partial charge in [-0.3, -0.25) is 9.59 Å². The van der Waals surface area contributed by atoms with E-state index in [0.29, 0.717) is 22.2 Å². The maximum atomic E-state index is 12.8. The molecule has 27 heavy (non-hydrogen) atoms. The predicted octanol–water partition coefficient (Wildman–Crippen LogP) is 4.27. The largest absolute Gasteiger partial charge is 0.462 e. The molecule has 1 heterocycles. The second kappa shape index (κ2) is 6.27. The van der Waals surface area contributed by atoms with Gasteiger partial charge in [0, 0.05) is 16.6 Å². The summed E-state index contributed by atoms with van der Waals surface area (Å²) < 4.78 is 11.2. The molecule has 0 unspecified atom stereocenters. The summed E-state index contributed by atoms with van der Waals surface area (Å²) in [5, 5.41) is 3.60. The molecule has 2 aromatic carbocycles. The Morgan fingerprint density at radius 1 is 1.04 bits per heavy atom. The second-order valence-electron chi connectivity index (χ2n) is 7.49. The van der Waals surface area contributed by atoms with Crippen molar-refractivity contribution >= 4 is 29.2 Å². The Kier molecular flexibility index (Phi) is 3.86. The number of hydrogen-bond donors (Lipinski definition) is 1. The zero-order valence-corrected chi connectivity index (χ0v) is 15.2. The van der Waals surface area contributed by atoms with Crippen LogP contribution in [0.2, 0.25) is 5.02 Å². The van der Waals surface area contributed by atoms with Crippen LogP contribution >= 0.6 is 11.6 Å². The third-order valence-electron chi connectivity index (χ3n) is 5.96. The molecule has 5 rings (SSSR count). The molecule has 3 fully saturated rings. The van der Waals surface area contributed by atoms with Gasteiger partial charge >= 0.3 is 5.97 Å². The van der Waals surface area contributed by atoms with Gasteiger partial charge in [-0.25, -0.2) is 0 Å². The Labute approximate surface area is 161 Å². The monoisotopic (exact) mass is 383 g/mol. The third kappa shape index (κ3) is 2.86. The molecule has 1 N–H and O–H groups in total. The molecular weight excluding hydrogens is 366 g/mol. The molecule has 1 amide bonds. The van der Waals surface area contributed by atoms with Crippen molar-refractivity contribution < 1.29 is 19.1 Å². The molecule has 0 aromatic heterocycles. The summed E-state index contributed by atoms with van der Waals surface area (Å²) in [4.78, 5) is 24.9. The van der Waals surface area contributed by atoms with Crippen molar-refractivity contribution in [1.82, 2.24) is 0 Å². The highest BCUT2D eigenvalue weighted by Gasteiger charge is 2.63. The number of ether oxygens (including phenoxy) is 2. The summed E-state index contributed by atoms with van der Waals surface area (Å²) in [6, 6.07) is 14.3. The Morgan fingerprint density at radius 3 is 2.41 bits per heavy atom. The van der Waals surface area contributed by atoms with Crippen molar-refractivity contribution in [3.63, 3.8) is 0 Å². The van der Waals surface area contributed by atoms with Gasteiger partial charge in [-0.1, -0.05) is 11.6 Å². The summed E-state index contributed by atoms with van der Waals surface area (Å²) in [5.74, 6) is 1.02. The summed E-state index contributed by atoms with van der Waals surface area (Å²) >= 11 is 5.87. The van der Waals surface area contributed by atoms with Gasteiger partial charge in [0.15, 0.2) is 0 Å². The van der Waals surface area contributed by atoms with Gasteiger partial charge in [0.05, 0.1) is 11.8 Å². The number of nitrogens with one attached hydrogen (secondary N) is 1. The highest BCUT2D eigenvalue weighted by Crippen LogP contribution is 2.57. The number of benzene rings is 2. The summed E-state index contributed by atoms with van der Waals surface area (Å²) in [6.45, 7) is 0. The van der Waals surface area contributed by atoms with Crippen molar-refractivity contribution in [1.29, 1.82) is 0 Å². The van der Waals surface area contributed by atoms with Crippen LogP contribution in [0.1, 0.15) is 12.8 Å².